The van der Waals surface area contributed by atoms with Gasteiger partial charge in [0.1, 0.15) is 0 Å². The molecule has 0 bridgehead atoms. The van der Waals surface area contributed by atoms with Crippen LogP contribution in [0, 0.1) is 0 Å². The summed E-state index contributed by atoms with van der Waals surface area (Å²) in [6.45, 7) is 1.99. The van der Waals surface area contributed by atoms with Crippen LogP contribution < -0.4 is 5.32 Å². The Morgan fingerprint density at radius 3 is 3.15 bits per heavy atom. The fourth-order valence-corrected chi connectivity index (χ4v) is 1.40. The summed E-state index contributed by atoms with van der Waals surface area (Å²) in [5.74, 6) is 1.99. The van der Waals surface area contributed by atoms with Crippen molar-refractivity contribution < 1.29 is 4.52 Å². The summed E-state index contributed by atoms with van der Waals surface area (Å²) in [6, 6.07) is 0. The molecule has 0 spiro atoms. The summed E-state index contributed by atoms with van der Waals surface area (Å²) < 4.78 is 4.62. The third kappa shape index (κ3) is 4.90. The number of nitrogens with zero attached hydrogens (tertiary/aromatic N) is 2. The van der Waals surface area contributed by atoms with Gasteiger partial charge in [0, 0.05) is 13.0 Å². The molecular weight excluding hydrogens is 186 g/mol. The Balaban J connectivity index is 1.90. The van der Waals surface area contributed by atoms with Crippen molar-refractivity contribution in [2.45, 2.75) is 12.8 Å². The second-order valence-electron chi connectivity index (χ2n) is 2.69. The van der Waals surface area contributed by atoms with E-state index in [1.165, 1.54) is 18.6 Å². The lowest BCUT2D eigenvalue weighted by atomic mass is 10.4. The van der Waals surface area contributed by atoms with Gasteiger partial charge in [0.15, 0.2) is 5.82 Å². The van der Waals surface area contributed by atoms with E-state index in [4.69, 9.17) is 0 Å². The van der Waals surface area contributed by atoms with E-state index in [9.17, 15) is 0 Å². The first-order valence-corrected chi connectivity index (χ1v) is 5.78. The quantitative estimate of drug-likeness (QED) is 0.666. The molecule has 0 aliphatic heterocycles. The topological polar surface area (TPSA) is 51.0 Å². The van der Waals surface area contributed by atoms with Gasteiger partial charge in [-0.05, 0) is 25.0 Å². The minimum absolute atomic E-state index is 0.775. The molecule has 1 rings (SSSR count). The minimum atomic E-state index is 0.775. The maximum absolute atomic E-state index is 4.62. The zero-order valence-corrected chi connectivity index (χ0v) is 8.64. The van der Waals surface area contributed by atoms with Crippen LogP contribution in [-0.4, -0.2) is 35.2 Å². The predicted molar refractivity (Wildman–Crippen MR) is 53.9 cm³/mol. The molecule has 0 aliphatic rings. The number of rotatable bonds is 7. The van der Waals surface area contributed by atoms with Crippen molar-refractivity contribution in [2.24, 2.45) is 0 Å². The fraction of sp³-hybridized carbons (Fsp3) is 0.750. The zero-order chi connectivity index (χ0) is 9.36. The molecule has 74 valence electrons. The molecule has 5 heteroatoms. The van der Waals surface area contributed by atoms with Crippen molar-refractivity contribution in [1.82, 2.24) is 15.5 Å². The average Bonchev–Trinajstić information content (AvgIpc) is 2.63. The minimum Gasteiger partial charge on any atom is -0.343 e. The molecule has 0 radical (unpaired) electrons. The van der Waals surface area contributed by atoms with Gasteiger partial charge in [0.25, 0.3) is 0 Å². The second kappa shape index (κ2) is 6.91. The summed E-state index contributed by atoms with van der Waals surface area (Å²) in [6.07, 6.45) is 5.55. The summed E-state index contributed by atoms with van der Waals surface area (Å²) >= 11 is 1.88. The van der Waals surface area contributed by atoms with Crippen LogP contribution in [0.5, 0.6) is 0 Å². The van der Waals surface area contributed by atoms with E-state index in [2.05, 4.69) is 26.2 Å². The second-order valence-corrected chi connectivity index (χ2v) is 3.68. The molecule has 1 N–H and O–H groups in total. The predicted octanol–water partition coefficient (Wildman–Crippen LogP) is 0.955. The molecule has 0 saturated heterocycles. The van der Waals surface area contributed by atoms with Crippen LogP contribution in [0.3, 0.4) is 0 Å². The molecule has 0 aliphatic carbocycles. The van der Waals surface area contributed by atoms with Crippen molar-refractivity contribution in [3.8, 4) is 0 Å². The molecule has 1 heterocycles. The van der Waals surface area contributed by atoms with Crippen molar-refractivity contribution in [3.63, 3.8) is 0 Å². The summed E-state index contributed by atoms with van der Waals surface area (Å²) in [4.78, 5) is 3.93. The maximum atomic E-state index is 4.62. The van der Waals surface area contributed by atoms with E-state index in [0.717, 1.165) is 25.3 Å². The molecule has 0 saturated carbocycles. The molecule has 0 fully saturated rings. The third-order valence-electron chi connectivity index (χ3n) is 1.63. The van der Waals surface area contributed by atoms with E-state index in [-0.39, 0.29) is 0 Å². The molecule has 0 amide bonds. The van der Waals surface area contributed by atoms with E-state index in [1.54, 1.807) is 0 Å². The van der Waals surface area contributed by atoms with Crippen LogP contribution in [0.15, 0.2) is 10.9 Å². The molecule has 1 aromatic heterocycles. The van der Waals surface area contributed by atoms with Gasteiger partial charge in [-0.2, -0.15) is 16.7 Å². The Hall–Kier alpha value is -0.550. The first-order valence-electron chi connectivity index (χ1n) is 4.38. The number of hydrogen-bond donors (Lipinski definition) is 1. The molecule has 13 heavy (non-hydrogen) atoms. The fourth-order valence-electron chi connectivity index (χ4n) is 0.969. The van der Waals surface area contributed by atoms with Crippen LogP contribution in [0.2, 0.25) is 0 Å². The number of hydrogen-bond acceptors (Lipinski definition) is 5. The first-order chi connectivity index (χ1) is 6.43. The molecule has 0 atom stereocenters. The molecular formula is C8H15N3OS. The van der Waals surface area contributed by atoms with Crippen LogP contribution in [0.4, 0.5) is 0 Å². The highest BCUT2D eigenvalue weighted by Crippen LogP contribution is 1.93. The zero-order valence-electron chi connectivity index (χ0n) is 7.82. The van der Waals surface area contributed by atoms with Crippen LogP contribution >= 0.6 is 11.8 Å². The largest absolute Gasteiger partial charge is 0.343 e. The molecule has 4 nitrogen and oxygen atoms in total. The first kappa shape index (κ1) is 10.5. The van der Waals surface area contributed by atoms with E-state index < -0.39 is 0 Å². The Morgan fingerprint density at radius 2 is 2.46 bits per heavy atom. The monoisotopic (exact) mass is 201 g/mol. The van der Waals surface area contributed by atoms with Crippen molar-refractivity contribution in [1.29, 1.82) is 0 Å². The van der Waals surface area contributed by atoms with Crippen molar-refractivity contribution >= 4 is 11.8 Å². The Bertz CT molecular complexity index is 203. The third-order valence-corrected chi connectivity index (χ3v) is 2.33. The van der Waals surface area contributed by atoms with Gasteiger partial charge < -0.3 is 9.84 Å². The normalized spacial score (nSPS) is 10.5. The molecule has 0 unspecified atom stereocenters. The molecule has 0 aromatic carbocycles. The van der Waals surface area contributed by atoms with Gasteiger partial charge >= 0.3 is 0 Å². The lowest BCUT2D eigenvalue weighted by Crippen LogP contribution is -2.19. The van der Waals surface area contributed by atoms with E-state index in [0.29, 0.717) is 0 Å². The van der Waals surface area contributed by atoms with Crippen LogP contribution in [0.25, 0.3) is 0 Å². The smallest absolute Gasteiger partial charge is 0.213 e. The van der Waals surface area contributed by atoms with Gasteiger partial charge in [-0.25, -0.2) is 0 Å². The average molecular weight is 201 g/mol. The standard InChI is InChI=1S/C8H15N3OS/c1-13-6-2-4-9-5-3-8-10-7-12-11-8/h7,9H,2-6H2,1H3. The lowest BCUT2D eigenvalue weighted by molar-refractivity contribution is 0.409. The Morgan fingerprint density at radius 1 is 1.54 bits per heavy atom. The summed E-state index contributed by atoms with van der Waals surface area (Å²) in [7, 11) is 0. The van der Waals surface area contributed by atoms with Gasteiger partial charge in [-0.3, -0.25) is 0 Å². The Labute approximate surface area is 82.5 Å². The van der Waals surface area contributed by atoms with Crippen molar-refractivity contribution in [3.05, 3.63) is 12.2 Å². The SMILES string of the molecule is CSCCCNCCc1ncon1. The number of aromatic nitrogens is 2. The van der Waals surface area contributed by atoms with Crippen LogP contribution in [-0.2, 0) is 6.42 Å². The van der Waals surface area contributed by atoms with Crippen LogP contribution in [0.1, 0.15) is 12.2 Å². The Kier molecular flexibility index (Phi) is 5.60. The van der Waals surface area contributed by atoms with E-state index in [1.807, 2.05) is 11.8 Å². The lowest BCUT2D eigenvalue weighted by Gasteiger charge is -2.00. The highest BCUT2D eigenvalue weighted by Gasteiger charge is 1.96. The van der Waals surface area contributed by atoms with Gasteiger partial charge in [-0.1, -0.05) is 5.16 Å². The van der Waals surface area contributed by atoms with Crippen molar-refractivity contribution in [2.75, 3.05) is 25.1 Å². The van der Waals surface area contributed by atoms with E-state index >= 15 is 0 Å². The number of thioether (sulfide) groups is 1. The summed E-state index contributed by atoms with van der Waals surface area (Å²) in [5, 5.41) is 7.04. The van der Waals surface area contributed by atoms with Gasteiger partial charge in [-0.15, -0.1) is 0 Å². The highest BCUT2D eigenvalue weighted by atomic mass is 32.2. The number of nitrogens with one attached hydrogen (secondary N) is 1. The molecule has 1 aromatic rings. The van der Waals surface area contributed by atoms with Gasteiger partial charge in [0.05, 0.1) is 0 Å². The maximum Gasteiger partial charge on any atom is 0.213 e. The highest BCUT2D eigenvalue weighted by molar-refractivity contribution is 7.98. The van der Waals surface area contributed by atoms with Gasteiger partial charge in [0.2, 0.25) is 6.39 Å². The summed E-state index contributed by atoms with van der Waals surface area (Å²) in [5.41, 5.74) is 0.